The highest BCUT2D eigenvalue weighted by Gasteiger charge is 2.14. The summed E-state index contributed by atoms with van der Waals surface area (Å²) in [4.78, 5) is 11.9. The summed E-state index contributed by atoms with van der Waals surface area (Å²) >= 11 is 0. The van der Waals surface area contributed by atoms with Crippen molar-refractivity contribution >= 4 is 22.0 Å². The SMILES string of the molecule is CC(C)(C)NC(=O)/C=C/c1ccc(CNS(=O)(=O)c2ccccc2)o1. The maximum absolute atomic E-state index is 12.1. The minimum Gasteiger partial charge on any atom is -0.460 e. The Balaban J connectivity index is 1.95. The molecule has 1 aromatic carbocycles. The molecule has 7 heteroatoms. The Morgan fingerprint density at radius 1 is 1.12 bits per heavy atom. The average molecular weight is 362 g/mol. The minimum atomic E-state index is -3.59. The van der Waals surface area contributed by atoms with E-state index in [0.717, 1.165) is 0 Å². The smallest absolute Gasteiger partial charge is 0.244 e. The molecule has 2 rings (SSSR count). The quantitative estimate of drug-likeness (QED) is 0.773. The zero-order valence-corrected chi connectivity index (χ0v) is 15.3. The van der Waals surface area contributed by atoms with Gasteiger partial charge in [-0.3, -0.25) is 4.79 Å². The maximum atomic E-state index is 12.1. The van der Waals surface area contributed by atoms with E-state index in [0.29, 0.717) is 11.5 Å². The first-order valence-corrected chi connectivity index (χ1v) is 9.28. The van der Waals surface area contributed by atoms with E-state index >= 15 is 0 Å². The molecule has 0 saturated heterocycles. The zero-order chi connectivity index (χ0) is 18.5. The van der Waals surface area contributed by atoms with Crippen molar-refractivity contribution in [1.82, 2.24) is 10.0 Å². The molecule has 0 saturated carbocycles. The van der Waals surface area contributed by atoms with Crippen molar-refractivity contribution in [3.05, 3.63) is 60.1 Å². The number of nitrogens with one attached hydrogen (secondary N) is 2. The van der Waals surface area contributed by atoms with E-state index < -0.39 is 10.0 Å². The number of carbonyl (C=O) groups excluding carboxylic acids is 1. The predicted molar refractivity (Wildman–Crippen MR) is 96.1 cm³/mol. The maximum Gasteiger partial charge on any atom is 0.244 e. The summed E-state index contributed by atoms with van der Waals surface area (Å²) in [6, 6.07) is 11.4. The van der Waals surface area contributed by atoms with Gasteiger partial charge < -0.3 is 9.73 Å². The lowest BCUT2D eigenvalue weighted by atomic mass is 10.1. The molecule has 0 bridgehead atoms. The highest BCUT2D eigenvalue weighted by atomic mass is 32.2. The Bertz CT molecular complexity index is 847. The van der Waals surface area contributed by atoms with Gasteiger partial charge in [0, 0.05) is 11.6 Å². The number of hydrogen-bond acceptors (Lipinski definition) is 4. The van der Waals surface area contributed by atoms with Crippen LogP contribution in [-0.2, 0) is 21.4 Å². The summed E-state index contributed by atoms with van der Waals surface area (Å²) in [6.45, 7) is 5.70. The Morgan fingerprint density at radius 3 is 2.44 bits per heavy atom. The predicted octanol–water partition coefficient (Wildman–Crippen LogP) is 2.69. The summed E-state index contributed by atoms with van der Waals surface area (Å²) in [5.41, 5.74) is -0.314. The van der Waals surface area contributed by atoms with Crippen molar-refractivity contribution in [2.24, 2.45) is 0 Å². The van der Waals surface area contributed by atoms with Gasteiger partial charge in [0.05, 0.1) is 11.4 Å². The van der Waals surface area contributed by atoms with Crippen molar-refractivity contribution < 1.29 is 17.6 Å². The molecule has 25 heavy (non-hydrogen) atoms. The Hall–Kier alpha value is -2.38. The van der Waals surface area contributed by atoms with Crippen LogP contribution in [0.1, 0.15) is 32.3 Å². The van der Waals surface area contributed by atoms with Gasteiger partial charge in [-0.15, -0.1) is 0 Å². The van der Waals surface area contributed by atoms with Gasteiger partial charge in [0.15, 0.2) is 0 Å². The lowest BCUT2D eigenvalue weighted by Gasteiger charge is -2.18. The standard InChI is InChI=1S/C18H22N2O4S/c1-18(2,3)20-17(21)12-11-14-9-10-15(24-14)13-19-25(22,23)16-7-5-4-6-8-16/h4-12,19H,13H2,1-3H3,(H,20,21)/b12-11+. The fourth-order valence-corrected chi connectivity index (χ4v) is 3.01. The minimum absolute atomic E-state index is 0.0270. The van der Waals surface area contributed by atoms with Crippen LogP contribution in [0.25, 0.3) is 6.08 Å². The topological polar surface area (TPSA) is 88.4 Å². The molecule has 2 aromatic rings. The molecule has 0 spiro atoms. The second-order valence-electron chi connectivity index (χ2n) is 6.51. The highest BCUT2D eigenvalue weighted by Crippen LogP contribution is 2.12. The number of furan rings is 1. The van der Waals surface area contributed by atoms with Crippen LogP contribution in [0.4, 0.5) is 0 Å². The van der Waals surface area contributed by atoms with Crippen LogP contribution < -0.4 is 10.0 Å². The van der Waals surface area contributed by atoms with Crippen LogP contribution in [0.15, 0.2) is 57.9 Å². The first kappa shape index (κ1) is 19.0. The van der Waals surface area contributed by atoms with Crippen molar-refractivity contribution in [1.29, 1.82) is 0 Å². The second kappa shape index (κ2) is 7.67. The Labute approximate surface area is 148 Å². The Morgan fingerprint density at radius 2 is 1.80 bits per heavy atom. The highest BCUT2D eigenvalue weighted by molar-refractivity contribution is 7.89. The average Bonchev–Trinajstić information content (AvgIpc) is 2.98. The first-order valence-electron chi connectivity index (χ1n) is 7.79. The van der Waals surface area contributed by atoms with Crippen molar-refractivity contribution in [3.63, 3.8) is 0 Å². The van der Waals surface area contributed by atoms with Gasteiger partial charge in [-0.25, -0.2) is 13.1 Å². The van der Waals surface area contributed by atoms with Gasteiger partial charge in [0.25, 0.3) is 0 Å². The number of carbonyl (C=O) groups is 1. The Kier molecular flexibility index (Phi) is 5.81. The van der Waals surface area contributed by atoms with Crippen LogP contribution in [-0.4, -0.2) is 19.9 Å². The van der Waals surface area contributed by atoms with Crippen LogP contribution in [0.2, 0.25) is 0 Å². The molecule has 0 unspecified atom stereocenters. The summed E-state index contributed by atoms with van der Waals surface area (Å²) in [7, 11) is -3.59. The van der Waals surface area contributed by atoms with Crippen LogP contribution in [0.3, 0.4) is 0 Å². The third kappa shape index (κ3) is 6.21. The monoisotopic (exact) mass is 362 g/mol. The van der Waals surface area contributed by atoms with Crippen molar-refractivity contribution in [3.8, 4) is 0 Å². The number of hydrogen-bond donors (Lipinski definition) is 2. The third-order valence-electron chi connectivity index (χ3n) is 3.07. The van der Waals surface area contributed by atoms with Crippen molar-refractivity contribution in [2.45, 2.75) is 37.8 Å². The molecule has 0 aliphatic heterocycles. The largest absolute Gasteiger partial charge is 0.460 e. The van der Waals surface area contributed by atoms with Crippen LogP contribution >= 0.6 is 0 Å². The normalized spacial score (nSPS) is 12.4. The van der Waals surface area contributed by atoms with E-state index in [-0.39, 0.29) is 22.9 Å². The molecule has 1 heterocycles. The molecular weight excluding hydrogens is 340 g/mol. The summed E-state index contributed by atoms with van der Waals surface area (Å²) in [5.74, 6) is 0.698. The van der Waals surface area contributed by atoms with Gasteiger partial charge in [-0.1, -0.05) is 18.2 Å². The molecular formula is C18H22N2O4S. The second-order valence-corrected chi connectivity index (χ2v) is 8.28. The molecule has 0 atom stereocenters. The summed E-state index contributed by atoms with van der Waals surface area (Å²) in [6.07, 6.45) is 2.91. The lowest BCUT2D eigenvalue weighted by Crippen LogP contribution is -2.39. The molecule has 0 aliphatic carbocycles. The molecule has 1 amide bonds. The van der Waals surface area contributed by atoms with E-state index in [1.807, 2.05) is 20.8 Å². The molecule has 0 aliphatic rings. The van der Waals surface area contributed by atoms with Gasteiger partial charge >= 0.3 is 0 Å². The fourth-order valence-electron chi connectivity index (χ4n) is 2.00. The van der Waals surface area contributed by atoms with Crippen molar-refractivity contribution in [2.75, 3.05) is 0 Å². The first-order chi connectivity index (χ1) is 11.7. The van der Waals surface area contributed by atoms with E-state index in [1.54, 1.807) is 30.3 Å². The molecule has 134 valence electrons. The summed E-state index contributed by atoms with van der Waals surface area (Å²) in [5, 5.41) is 2.80. The fraction of sp³-hybridized carbons (Fsp3) is 0.278. The molecule has 2 N–H and O–H groups in total. The number of rotatable bonds is 6. The summed E-state index contributed by atoms with van der Waals surface area (Å²) < 4.78 is 32.3. The van der Waals surface area contributed by atoms with E-state index in [9.17, 15) is 13.2 Å². The molecule has 0 radical (unpaired) electrons. The van der Waals surface area contributed by atoms with E-state index in [4.69, 9.17) is 4.42 Å². The third-order valence-corrected chi connectivity index (χ3v) is 4.49. The lowest BCUT2D eigenvalue weighted by molar-refractivity contribution is -0.117. The van der Waals surface area contributed by atoms with Gasteiger partial charge in [0.2, 0.25) is 15.9 Å². The molecule has 0 fully saturated rings. The van der Waals surface area contributed by atoms with Gasteiger partial charge in [-0.2, -0.15) is 0 Å². The van der Waals surface area contributed by atoms with E-state index in [1.165, 1.54) is 24.3 Å². The number of amides is 1. The number of benzene rings is 1. The van der Waals surface area contributed by atoms with Crippen LogP contribution in [0.5, 0.6) is 0 Å². The molecule has 6 nitrogen and oxygen atoms in total. The van der Waals surface area contributed by atoms with Gasteiger partial charge in [-0.05, 0) is 51.1 Å². The van der Waals surface area contributed by atoms with Gasteiger partial charge in [0.1, 0.15) is 11.5 Å². The zero-order valence-electron chi connectivity index (χ0n) is 14.4. The van der Waals surface area contributed by atoms with Crippen LogP contribution in [0, 0.1) is 0 Å². The van der Waals surface area contributed by atoms with E-state index in [2.05, 4.69) is 10.0 Å². The number of sulfonamides is 1. The molecule has 1 aromatic heterocycles.